The number of carbonyl (C=O) groups excluding carboxylic acids is 2. The van der Waals surface area contributed by atoms with Gasteiger partial charge in [0.15, 0.2) is 4.80 Å². The van der Waals surface area contributed by atoms with E-state index >= 15 is 0 Å². The molecule has 0 radical (unpaired) electrons. The van der Waals surface area contributed by atoms with E-state index in [1.54, 1.807) is 60.9 Å². The van der Waals surface area contributed by atoms with Crippen LogP contribution in [0.3, 0.4) is 0 Å². The molecule has 0 saturated heterocycles. The van der Waals surface area contributed by atoms with Crippen LogP contribution in [-0.2, 0) is 14.3 Å². The molecule has 0 fully saturated rings. The van der Waals surface area contributed by atoms with Gasteiger partial charge in [-0.05, 0) is 43.7 Å². The summed E-state index contributed by atoms with van der Waals surface area (Å²) in [6.07, 6.45) is 1.68. The molecule has 0 unspecified atom stereocenters. The Kier molecular flexibility index (Phi) is 8.21. The monoisotopic (exact) mass is 604 g/mol. The Morgan fingerprint density at radius 3 is 2.18 bits per heavy atom. The van der Waals surface area contributed by atoms with Crippen molar-refractivity contribution in [2.24, 2.45) is 4.99 Å². The first-order chi connectivity index (χ1) is 21.5. The van der Waals surface area contributed by atoms with Crippen LogP contribution in [0, 0.1) is 0 Å². The van der Waals surface area contributed by atoms with Crippen LogP contribution in [0.25, 0.3) is 23.1 Å². The first kappa shape index (κ1) is 28.8. The van der Waals surface area contributed by atoms with E-state index in [-0.39, 0.29) is 18.1 Å². The molecule has 9 heteroatoms. The highest BCUT2D eigenvalue weighted by Gasteiger charge is 2.35. The number of fused-ring (bicyclic) bond motifs is 1. The molecule has 0 bridgehead atoms. The Labute approximate surface area is 256 Å². The molecule has 5 aromatic rings. The molecule has 0 aliphatic carbocycles. The van der Waals surface area contributed by atoms with Crippen LogP contribution >= 0.6 is 11.3 Å². The summed E-state index contributed by atoms with van der Waals surface area (Å²) < 4.78 is 18.6. The fourth-order valence-corrected chi connectivity index (χ4v) is 6.07. The molecule has 3 aromatic carbocycles. The third kappa shape index (κ3) is 5.57. The summed E-state index contributed by atoms with van der Waals surface area (Å²) in [4.78, 5) is 44.9. The number of hydrogen-bond donors (Lipinski definition) is 0. The predicted octanol–water partition coefficient (Wildman–Crippen LogP) is 5.37. The summed E-state index contributed by atoms with van der Waals surface area (Å²) in [7, 11) is 0. The molecule has 0 spiro atoms. The maximum Gasteiger partial charge on any atom is 0.338 e. The van der Waals surface area contributed by atoms with Gasteiger partial charge in [-0.25, -0.2) is 14.6 Å². The van der Waals surface area contributed by atoms with Crippen molar-refractivity contribution in [2.45, 2.75) is 19.9 Å². The molecule has 1 aliphatic rings. The molecular weight excluding hydrogens is 576 g/mol. The standard InChI is InChI=1S/C35H28N2O6S/c1-3-41-33(39)25-17-15-22(16-18-25)27-20-19-26(43-27)21-28-32(38)37-31(24-13-9-6-10-14-24)29(34(40)42-4-2)30(36-35(37)44-28)23-11-7-5-8-12-23/h5-21,31H,3-4H2,1-2H3/b28-21-/t31-/m0/s1. The van der Waals surface area contributed by atoms with E-state index in [0.717, 1.165) is 16.7 Å². The largest absolute Gasteiger partial charge is 0.463 e. The van der Waals surface area contributed by atoms with Crippen molar-refractivity contribution in [1.29, 1.82) is 0 Å². The van der Waals surface area contributed by atoms with Crippen molar-refractivity contribution in [1.82, 2.24) is 4.57 Å². The van der Waals surface area contributed by atoms with E-state index in [9.17, 15) is 14.4 Å². The first-order valence-electron chi connectivity index (χ1n) is 14.2. The summed E-state index contributed by atoms with van der Waals surface area (Å²) in [5.74, 6) is 0.147. The number of furan rings is 1. The predicted molar refractivity (Wildman–Crippen MR) is 168 cm³/mol. The Balaban J connectivity index is 1.46. The van der Waals surface area contributed by atoms with E-state index in [1.165, 1.54) is 11.3 Å². The zero-order valence-corrected chi connectivity index (χ0v) is 24.9. The van der Waals surface area contributed by atoms with Gasteiger partial charge >= 0.3 is 11.9 Å². The van der Waals surface area contributed by atoms with Gasteiger partial charge in [0.05, 0.1) is 40.6 Å². The number of carbonyl (C=O) groups is 2. The van der Waals surface area contributed by atoms with Crippen molar-refractivity contribution >= 4 is 35.0 Å². The minimum atomic E-state index is -0.742. The van der Waals surface area contributed by atoms with Crippen molar-refractivity contribution in [3.63, 3.8) is 0 Å². The number of nitrogens with zero attached hydrogens (tertiary/aromatic N) is 2. The number of hydrogen-bond acceptors (Lipinski definition) is 8. The van der Waals surface area contributed by atoms with Crippen LogP contribution in [0.5, 0.6) is 0 Å². The SMILES string of the molecule is CCOC(=O)C1=C(c2ccccc2)N=c2s/c(=C\c3ccc(-c4ccc(C(=O)OCC)cc4)o3)c(=O)n2[C@H]1c1ccccc1. The van der Waals surface area contributed by atoms with Gasteiger partial charge in [-0.15, -0.1) is 0 Å². The van der Waals surface area contributed by atoms with E-state index in [1.807, 2.05) is 60.7 Å². The third-order valence-electron chi connectivity index (χ3n) is 7.07. The van der Waals surface area contributed by atoms with Gasteiger partial charge in [0, 0.05) is 17.2 Å². The molecule has 1 aliphatic heterocycles. The zero-order valence-electron chi connectivity index (χ0n) is 24.1. The number of thiazole rings is 1. The van der Waals surface area contributed by atoms with Crippen molar-refractivity contribution in [2.75, 3.05) is 13.2 Å². The average molecular weight is 605 g/mol. The molecule has 3 heterocycles. The Morgan fingerprint density at radius 2 is 1.50 bits per heavy atom. The van der Waals surface area contributed by atoms with Gasteiger partial charge in [0.2, 0.25) is 0 Å². The van der Waals surface area contributed by atoms with E-state index < -0.39 is 12.0 Å². The number of esters is 2. The maximum atomic E-state index is 14.0. The quantitative estimate of drug-likeness (QED) is 0.221. The van der Waals surface area contributed by atoms with Crippen LogP contribution in [0.15, 0.2) is 117 Å². The average Bonchev–Trinajstić information content (AvgIpc) is 3.65. The molecule has 6 rings (SSSR count). The minimum absolute atomic E-state index is 0.183. The first-order valence-corrected chi connectivity index (χ1v) is 15.0. The zero-order chi connectivity index (χ0) is 30.6. The summed E-state index contributed by atoms with van der Waals surface area (Å²) in [6, 6.07) is 28.6. The summed E-state index contributed by atoms with van der Waals surface area (Å²) in [5, 5.41) is 0. The highest BCUT2D eigenvalue weighted by molar-refractivity contribution is 7.07. The second-order valence-corrected chi connectivity index (χ2v) is 10.9. The summed E-state index contributed by atoms with van der Waals surface area (Å²) >= 11 is 1.23. The van der Waals surface area contributed by atoms with Gasteiger partial charge in [-0.1, -0.05) is 84.1 Å². The molecule has 0 N–H and O–H groups in total. The number of aromatic nitrogens is 1. The van der Waals surface area contributed by atoms with Crippen LogP contribution in [0.1, 0.15) is 47.1 Å². The second kappa shape index (κ2) is 12.5. The van der Waals surface area contributed by atoms with Crippen LogP contribution in [0.4, 0.5) is 0 Å². The summed E-state index contributed by atoms with van der Waals surface area (Å²) in [6.45, 7) is 4.00. The lowest BCUT2D eigenvalue weighted by Crippen LogP contribution is -2.39. The molecular formula is C35H28N2O6S. The van der Waals surface area contributed by atoms with E-state index in [2.05, 4.69) is 0 Å². The lowest BCUT2D eigenvalue weighted by molar-refractivity contribution is -0.138. The Morgan fingerprint density at radius 1 is 0.841 bits per heavy atom. The highest BCUT2D eigenvalue weighted by Crippen LogP contribution is 2.35. The molecule has 44 heavy (non-hydrogen) atoms. The number of ether oxygens (including phenoxy) is 2. The fourth-order valence-electron chi connectivity index (χ4n) is 5.09. The van der Waals surface area contributed by atoms with E-state index in [4.69, 9.17) is 18.9 Å². The molecule has 220 valence electrons. The van der Waals surface area contributed by atoms with Gasteiger partial charge < -0.3 is 13.9 Å². The van der Waals surface area contributed by atoms with Gasteiger partial charge in [-0.2, -0.15) is 0 Å². The third-order valence-corrected chi connectivity index (χ3v) is 8.05. The van der Waals surface area contributed by atoms with Crippen molar-refractivity contribution in [3.05, 3.63) is 145 Å². The number of rotatable bonds is 8. The second-order valence-electron chi connectivity index (χ2n) is 9.84. The molecule has 1 atom stereocenters. The highest BCUT2D eigenvalue weighted by atomic mass is 32.1. The van der Waals surface area contributed by atoms with Gasteiger partial charge in [0.1, 0.15) is 11.5 Å². The fraction of sp³-hybridized carbons (Fsp3) is 0.143. The number of benzene rings is 3. The minimum Gasteiger partial charge on any atom is -0.463 e. The molecule has 2 aromatic heterocycles. The molecule has 0 amide bonds. The van der Waals surface area contributed by atoms with Crippen LogP contribution < -0.4 is 14.9 Å². The van der Waals surface area contributed by atoms with E-state index in [0.29, 0.717) is 44.3 Å². The van der Waals surface area contributed by atoms with Gasteiger partial charge in [0.25, 0.3) is 5.56 Å². The lowest BCUT2D eigenvalue weighted by atomic mass is 9.93. The maximum absolute atomic E-state index is 14.0. The topological polar surface area (TPSA) is 100 Å². The van der Waals surface area contributed by atoms with Crippen LogP contribution in [0.2, 0.25) is 0 Å². The van der Waals surface area contributed by atoms with Crippen molar-refractivity contribution < 1.29 is 23.5 Å². The Hall–Kier alpha value is -5.28. The molecule has 0 saturated carbocycles. The smallest absolute Gasteiger partial charge is 0.338 e. The lowest BCUT2D eigenvalue weighted by Gasteiger charge is -2.25. The molecule has 8 nitrogen and oxygen atoms in total. The van der Waals surface area contributed by atoms with Crippen molar-refractivity contribution in [3.8, 4) is 11.3 Å². The van der Waals surface area contributed by atoms with Crippen LogP contribution in [-0.4, -0.2) is 29.7 Å². The summed E-state index contributed by atoms with van der Waals surface area (Å²) in [5.41, 5.74) is 3.21. The van der Waals surface area contributed by atoms with Gasteiger partial charge in [-0.3, -0.25) is 9.36 Å². The normalized spacial score (nSPS) is 14.6. The Bertz CT molecular complexity index is 2040.